The molecule has 4 nitrogen and oxygen atoms in total. The Morgan fingerprint density at radius 3 is 2.24 bits per heavy atom. The summed E-state index contributed by atoms with van der Waals surface area (Å²) in [6.07, 6.45) is 9.39. The molecule has 0 saturated heterocycles. The Hall–Kier alpha value is -5.35. The maximum atomic E-state index is 6.25. The molecule has 0 aliphatic heterocycles. The highest BCUT2D eigenvalue weighted by Gasteiger charge is 2.26. The lowest BCUT2D eigenvalue weighted by Crippen LogP contribution is -2.08. The summed E-state index contributed by atoms with van der Waals surface area (Å²) in [4.78, 5) is 15.1. The molecule has 0 N–H and O–H groups in total. The van der Waals surface area contributed by atoms with Gasteiger partial charge in [0.25, 0.3) is 0 Å². The van der Waals surface area contributed by atoms with E-state index in [0.29, 0.717) is 11.6 Å². The van der Waals surface area contributed by atoms with Crippen molar-refractivity contribution in [2.24, 2.45) is 0 Å². The second-order valence-corrected chi connectivity index (χ2v) is 10.7. The molecule has 5 aromatic carbocycles. The van der Waals surface area contributed by atoms with Crippen molar-refractivity contribution in [1.82, 2.24) is 15.0 Å². The number of para-hydroxylation sites is 1. The summed E-state index contributed by atoms with van der Waals surface area (Å²) in [5.74, 6) is 2.33. The van der Waals surface area contributed by atoms with Gasteiger partial charge in [0.2, 0.25) is 0 Å². The Morgan fingerprint density at radius 2 is 1.34 bits per heavy atom. The van der Waals surface area contributed by atoms with Crippen LogP contribution in [-0.2, 0) is 0 Å². The predicted octanol–water partition coefficient (Wildman–Crippen LogP) is 9.51. The summed E-state index contributed by atoms with van der Waals surface area (Å²) in [6, 6.07) is 33.9. The van der Waals surface area contributed by atoms with E-state index in [9.17, 15) is 0 Å². The lowest BCUT2D eigenvalue weighted by molar-refractivity contribution is 0.669. The number of aromatic nitrogens is 3. The largest absolute Gasteiger partial charge is 0.456 e. The van der Waals surface area contributed by atoms with Crippen molar-refractivity contribution in [3.8, 4) is 45.0 Å². The zero-order chi connectivity index (χ0) is 26.9. The molecule has 0 saturated carbocycles. The lowest BCUT2D eigenvalue weighted by Gasteiger charge is -2.15. The maximum Gasteiger partial charge on any atom is 0.164 e. The van der Waals surface area contributed by atoms with Crippen LogP contribution in [0.25, 0.3) is 77.7 Å². The number of hydrogen-bond donors (Lipinski definition) is 0. The van der Waals surface area contributed by atoms with Crippen LogP contribution in [0, 0.1) is 0 Å². The van der Waals surface area contributed by atoms with E-state index in [-0.39, 0.29) is 5.92 Å². The molecule has 4 heteroatoms. The summed E-state index contributed by atoms with van der Waals surface area (Å²) in [7, 11) is 0. The first-order valence-electron chi connectivity index (χ1n) is 14.0. The zero-order valence-electron chi connectivity index (χ0n) is 22.1. The minimum Gasteiger partial charge on any atom is -0.456 e. The molecule has 2 aliphatic carbocycles. The van der Waals surface area contributed by atoms with Crippen molar-refractivity contribution in [2.45, 2.75) is 12.3 Å². The van der Waals surface area contributed by atoms with Crippen LogP contribution < -0.4 is 0 Å². The number of rotatable bonds is 3. The fraction of sp³-hybridized carbons (Fsp3) is 0.0541. The first-order chi connectivity index (χ1) is 20.3. The number of allylic oxidation sites excluding steroid dienone is 4. The molecule has 2 heterocycles. The van der Waals surface area contributed by atoms with Gasteiger partial charge in [-0.15, -0.1) is 0 Å². The van der Waals surface area contributed by atoms with Gasteiger partial charge in [-0.25, -0.2) is 15.0 Å². The Bertz CT molecular complexity index is 2240. The summed E-state index contributed by atoms with van der Waals surface area (Å²) in [5.41, 5.74) is 8.73. The molecule has 2 aliphatic rings. The third-order valence-corrected chi connectivity index (χ3v) is 8.38. The third kappa shape index (κ3) is 3.37. The SMILES string of the molecule is C1=CCC(c2nc(-c3ccccc3)nc(-c3ccc4c5c(cccc35)-c3cc5oc6ccccc6c5cc3-4)n2)C=C1. The fourth-order valence-electron chi connectivity index (χ4n) is 6.43. The van der Waals surface area contributed by atoms with Crippen LogP contribution in [0.4, 0.5) is 0 Å². The monoisotopic (exact) mass is 525 g/mol. The first-order valence-corrected chi connectivity index (χ1v) is 14.0. The second-order valence-electron chi connectivity index (χ2n) is 10.7. The van der Waals surface area contributed by atoms with Crippen molar-refractivity contribution in [1.29, 1.82) is 0 Å². The van der Waals surface area contributed by atoms with Crippen LogP contribution in [0.5, 0.6) is 0 Å². The molecule has 192 valence electrons. The molecule has 7 aromatic rings. The van der Waals surface area contributed by atoms with Crippen LogP contribution >= 0.6 is 0 Å². The van der Waals surface area contributed by atoms with Gasteiger partial charge in [-0.05, 0) is 63.7 Å². The van der Waals surface area contributed by atoms with Crippen molar-refractivity contribution in [2.75, 3.05) is 0 Å². The van der Waals surface area contributed by atoms with Crippen LogP contribution in [0.2, 0.25) is 0 Å². The summed E-state index contributed by atoms with van der Waals surface area (Å²) >= 11 is 0. The minimum absolute atomic E-state index is 0.121. The average molecular weight is 526 g/mol. The van der Waals surface area contributed by atoms with Gasteiger partial charge in [-0.2, -0.15) is 0 Å². The number of furan rings is 1. The quantitative estimate of drug-likeness (QED) is 0.230. The van der Waals surface area contributed by atoms with Crippen LogP contribution in [-0.4, -0.2) is 15.0 Å². The summed E-state index contributed by atoms with van der Waals surface area (Å²) in [5, 5.41) is 4.68. The number of fused-ring (bicyclic) bond motifs is 6. The molecule has 9 rings (SSSR count). The van der Waals surface area contributed by atoms with Gasteiger partial charge in [0.1, 0.15) is 17.0 Å². The highest BCUT2D eigenvalue weighted by atomic mass is 16.3. The highest BCUT2D eigenvalue weighted by molar-refractivity contribution is 6.21. The Balaban J connectivity index is 1.27. The van der Waals surface area contributed by atoms with Crippen molar-refractivity contribution in [3.63, 3.8) is 0 Å². The smallest absolute Gasteiger partial charge is 0.164 e. The normalized spacial score (nSPS) is 15.3. The van der Waals surface area contributed by atoms with E-state index in [1.807, 2.05) is 30.3 Å². The topological polar surface area (TPSA) is 51.8 Å². The van der Waals surface area contributed by atoms with E-state index in [4.69, 9.17) is 19.4 Å². The zero-order valence-corrected chi connectivity index (χ0v) is 22.1. The van der Waals surface area contributed by atoms with Gasteiger partial charge in [-0.3, -0.25) is 0 Å². The van der Waals surface area contributed by atoms with E-state index >= 15 is 0 Å². The average Bonchev–Trinajstić information content (AvgIpc) is 3.57. The molecule has 2 aromatic heterocycles. The van der Waals surface area contributed by atoms with E-state index in [2.05, 4.69) is 91.0 Å². The minimum atomic E-state index is 0.121. The third-order valence-electron chi connectivity index (χ3n) is 8.38. The van der Waals surface area contributed by atoms with Gasteiger partial charge in [0.05, 0.1) is 0 Å². The fourth-order valence-corrected chi connectivity index (χ4v) is 6.43. The molecular weight excluding hydrogens is 502 g/mol. The first kappa shape index (κ1) is 22.5. The highest BCUT2D eigenvalue weighted by Crippen LogP contribution is 2.51. The number of hydrogen-bond acceptors (Lipinski definition) is 4. The van der Waals surface area contributed by atoms with Gasteiger partial charge < -0.3 is 4.42 Å². The molecule has 0 spiro atoms. The van der Waals surface area contributed by atoms with E-state index in [1.54, 1.807) is 0 Å². The number of benzene rings is 5. The van der Waals surface area contributed by atoms with Gasteiger partial charge in [-0.1, -0.05) is 97.1 Å². The molecular formula is C37H23N3O. The molecule has 1 unspecified atom stereocenters. The molecule has 1 atom stereocenters. The molecule has 41 heavy (non-hydrogen) atoms. The van der Waals surface area contributed by atoms with Crippen molar-refractivity contribution in [3.05, 3.63) is 127 Å². The molecule has 0 radical (unpaired) electrons. The van der Waals surface area contributed by atoms with Crippen molar-refractivity contribution < 1.29 is 4.42 Å². The van der Waals surface area contributed by atoms with Gasteiger partial charge >= 0.3 is 0 Å². The van der Waals surface area contributed by atoms with Gasteiger partial charge in [0, 0.05) is 27.8 Å². The Morgan fingerprint density at radius 1 is 0.561 bits per heavy atom. The number of nitrogens with zero attached hydrogens (tertiary/aromatic N) is 3. The lowest BCUT2D eigenvalue weighted by atomic mass is 9.97. The van der Waals surface area contributed by atoms with Gasteiger partial charge in [0.15, 0.2) is 11.6 Å². The molecule has 0 fully saturated rings. The summed E-state index contributed by atoms with van der Waals surface area (Å²) < 4.78 is 6.25. The second kappa shape index (κ2) is 8.57. The predicted molar refractivity (Wildman–Crippen MR) is 166 cm³/mol. The molecule has 0 amide bonds. The van der Waals surface area contributed by atoms with E-state index in [0.717, 1.165) is 50.7 Å². The Labute approximate surface area is 236 Å². The summed E-state index contributed by atoms with van der Waals surface area (Å²) in [6.45, 7) is 0. The standard InChI is InChI=1S/C37H23N3O/c1-3-10-22(11-4-1)35-38-36(23-12-5-2-6-13-23)40-37(39-35)28-19-18-27-29-20-31-24-14-7-8-17-32(24)41-33(31)21-30(29)26-16-9-15-25(28)34(26)27/h1-12,14-21,23H,13H2. The Kier molecular flexibility index (Phi) is 4.70. The van der Waals surface area contributed by atoms with Crippen LogP contribution in [0.15, 0.2) is 126 Å². The van der Waals surface area contributed by atoms with Crippen molar-refractivity contribution >= 4 is 32.7 Å². The van der Waals surface area contributed by atoms with E-state index < -0.39 is 0 Å². The van der Waals surface area contributed by atoms with Crippen LogP contribution in [0.3, 0.4) is 0 Å². The molecule has 0 bridgehead atoms. The van der Waals surface area contributed by atoms with E-state index in [1.165, 1.54) is 27.6 Å². The van der Waals surface area contributed by atoms with Crippen LogP contribution in [0.1, 0.15) is 18.2 Å². The maximum absolute atomic E-state index is 6.25.